The van der Waals surface area contributed by atoms with Crippen molar-refractivity contribution in [3.05, 3.63) is 35.4 Å². The number of hydrogen-bond acceptors (Lipinski definition) is 4. The van der Waals surface area contributed by atoms with E-state index in [1.807, 2.05) is 13.2 Å². The number of aryl methyl sites for hydroxylation is 2. The Kier molecular flexibility index (Phi) is 3.40. The van der Waals surface area contributed by atoms with Gasteiger partial charge in [0, 0.05) is 25.9 Å². The second-order valence-electron chi connectivity index (χ2n) is 4.66. The normalized spacial score (nSPS) is 11.3. The van der Waals surface area contributed by atoms with Gasteiger partial charge in [0.15, 0.2) is 11.5 Å². The van der Waals surface area contributed by atoms with Gasteiger partial charge < -0.3 is 4.57 Å². The van der Waals surface area contributed by atoms with Crippen molar-refractivity contribution in [3.63, 3.8) is 0 Å². The third kappa shape index (κ3) is 2.27. The van der Waals surface area contributed by atoms with Gasteiger partial charge in [-0.25, -0.2) is 15.0 Å². The zero-order valence-electron chi connectivity index (χ0n) is 11.4. The van der Waals surface area contributed by atoms with Crippen molar-refractivity contribution >= 4 is 22.6 Å². The Hall–Kier alpha value is -1.95. The van der Waals surface area contributed by atoms with Crippen LogP contribution in [0.25, 0.3) is 11.0 Å². The lowest BCUT2D eigenvalue weighted by Crippen LogP contribution is -2.08. The first-order valence-corrected chi connectivity index (χ1v) is 6.91. The maximum absolute atomic E-state index is 6.19. The third-order valence-electron chi connectivity index (χ3n) is 3.18. The molecule has 6 nitrogen and oxygen atoms in total. The van der Waals surface area contributed by atoms with Gasteiger partial charge in [0.25, 0.3) is 0 Å². The molecule has 0 aliphatic carbocycles. The minimum absolute atomic E-state index is 0.440. The van der Waals surface area contributed by atoms with E-state index in [-0.39, 0.29) is 0 Å². The summed E-state index contributed by atoms with van der Waals surface area (Å²) in [6.07, 6.45) is 7.42. The highest BCUT2D eigenvalue weighted by atomic mass is 35.5. The van der Waals surface area contributed by atoms with Crippen molar-refractivity contribution in [1.82, 2.24) is 29.3 Å². The standard InChI is InChI=1S/C13H15ClN6/c1-3-4-11-15-5-6-20(11)8-10-17-12(14)9-7-16-19(2)13(9)18-10/h5-7H,3-4,8H2,1-2H3. The summed E-state index contributed by atoms with van der Waals surface area (Å²) in [5.41, 5.74) is 0.747. The molecule has 3 heterocycles. The Labute approximate surface area is 121 Å². The Morgan fingerprint density at radius 3 is 2.95 bits per heavy atom. The van der Waals surface area contributed by atoms with Gasteiger partial charge in [-0.2, -0.15) is 5.10 Å². The molecule has 3 aromatic heterocycles. The Morgan fingerprint density at radius 2 is 2.15 bits per heavy atom. The highest BCUT2D eigenvalue weighted by Gasteiger charge is 2.11. The summed E-state index contributed by atoms with van der Waals surface area (Å²) in [6.45, 7) is 2.70. The smallest absolute Gasteiger partial charge is 0.162 e. The van der Waals surface area contributed by atoms with E-state index < -0.39 is 0 Å². The minimum Gasteiger partial charge on any atom is -0.327 e. The van der Waals surface area contributed by atoms with Crippen LogP contribution in [-0.4, -0.2) is 29.3 Å². The number of rotatable bonds is 4. The number of aromatic nitrogens is 6. The van der Waals surface area contributed by atoms with E-state index in [9.17, 15) is 0 Å². The average molecular weight is 291 g/mol. The molecule has 0 amide bonds. The van der Waals surface area contributed by atoms with E-state index in [0.29, 0.717) is 17.5 Å². The number of fused-ring (bicyclic) bond motifs is 1. The monoisotopic (exact) mass is 290 g/mol. The topological polar surface area (TPSA) is 61.4 Å². The third-order valence-corrected chi connectivity index (χ3v) is 3.47. The van der Waals surface area contributed by atoms with Gasteiger partial charge in [0.2, 0.25) is 0 Å². The van der Waals surface area contributed by atoms with Crippen LogP contribution >= 0.6 is 11.6 Å². The summed E-state index contributed by atoms with van der Waals surface area (Å²) >= 11 is 6.19. The summed E-state index contributed by atoms with van der Waals surface area (Å²) in [4.78, 5) is 13.2. The van der Waals surface area contributed by atoms with Crippen LogP contribution in [0.1, 0.15) is 25.0 Å². The number of halogens is 1. The molecule has 7 heteroatoms. The Morgan fingerprint density at radius 1 is 1.30 bits per heavy atom. The van der Waals surface area contributed by atoms with Crippen molar-refractivity contribution in [3.8, 4) is 0 Å². The number of hydrogen-bond donors (Lipinski definition) is 0. The highest BCUT2D eigenvalue weighted by molar-refractivity contribution is 6.33. The highest BCUT2D eigenvalue weighted by Crippen LogP contribution is 2.19. The molecule has 0 spiro atoms. The van der Waals surface area contributed by atoms with E-state index in [0.717, 1.165) is 29.7 Å². The van der Waals surface area contributed by atoms with Crippen LogP contribution in [0.2, 0.25) is 5.15 Å². The molecule has 3 rings (SSSR count). The first-order chi connectivity index (χ1) is 9.69. The first kappa shape index (κ1) is 13.1. The average Bonchev–Trinajstić information content (AvgIpc) is 2.99. The molecule has 0 N–H and O–H groups in total. The van der Waals surface area contributed by atoms with Crippen LogP contribution < -0.4 is 0 Å². The number of imidazole rings is 1. The van der Waals surface area contributed by atoms with Crippen LogP contribution in [0.15, 0.2) is 18.6 Å². The van der Waals surface area contributed by atoms with Gasteiger partial charge in [-0.15, -0.1) is 0 Å². The number of nitrogens with zero attached hydrogens (tertiary/aromatic N) is 6. The lowest BCUT2D eigenvalue weighted by Gasteiger charge is -2.07. The van der Waals surface area contributed by atoms with E-state index in [1.54, 1.807) is 17.1 Å². The molecule has 0 fully saturated rings. The predicted molar refractivity (Wildman–Crippen MR) is 76.6 cm³/mol. The van der Waals surface area contributed by atoms with Crippen molar-refractivity contribution in [2.45, 2.75) is 26.3 Å². The second-order valence-corrected chi connectivity index (χ2v) is 5.02. The zero-order valence-corrected chi connectivity index (χ0v) is 12.2. The van der Waals surface area contributed by atoms with Crippen LogP contribution in [0.3, 0.4) is 0 Å². The van der Waals surface area contributed by atoms with Gasteiger partial charge in [-0.1, -0.05) is 18.5 Å². The first-order valence-electron chi connectivity index (χ1n) is 6.53. The molecule has 0 saturated carbocycles. The molecular formula is C13H15ClN6. The maximum atomic E-state index is 6.19. The fourth-order valence-corrected chi connectivity index (χ4v) is 2.42. The zero-order chi connectivity index (χ0) is 14.1. The van der Waals surface area contributed by atoms with Crippen LogP contribution in [0.4, 0.5) is 0 Å². The fourth-order valence-electron chi connectivity index (χ4n) is 2.19. The van der Waals surface area contributed by atoms with Gasteiger partial charge in [-0.3, -0.25) is 4.68 Å². The van der Waals surface area contributed by atoms with Crippen LogP contribution in [-0.2, 0) is 20.0 Å². The van der Waals surface area contributed by atoms with Gasteiger partial charge in [0.05, 0.1) is 18.1 Å². The summed E-state index contributed by atoms with van der Waals surface area (Å²) in [6, 6.07) is 0. The quantitative estimate of drug-likeness (QED) is 0.691. The van der Waals surface area contributed by atoms with E-state index in [4.69, 9.17) is 11.6 Å². The molecule has 20 heavy (non-hydrogen) atoms. The van der Waals surface area contributed by atoms with E-state index in [1.165, 1.54) is 0 Å². The molecule has 0 bridgehead atoms. The van der Waals surface area contributed by atoms with Gasteiger partial charge in [0.1, 0.15) is 11.0 Å². The lowest BCUT2D eigenvalue weighted by molar-refractivity contribution is 0.677. The summed E-state index contributed by atoms with van der Waals surface area (Å²) in [7, 11) is 1.84. The van der Waals surface area contributed by atoms with E-state index in [2.05, 4.69) is 31.5 Å². The van der Waals surface area contributed by atoms with Crippen LogP contribution in [0.5, 0.6) is 0 Å². The molecule has 0 radical (unpaired) electrons. The van der Waals surface area contributed by atoms with Crippen molar-refractivity contribution in [1.29, 1.82) is 0 Å². The largest absolute Gasteiger partial charge is 0.327 e. The predicted octanol–water partition coefficient (Wildman–Crippen LogP) is 2.21. The molecule has 3 aromatic rings. The molecule has 0 saturated heterocycles. The fraction of sp³-hybridized carbons (Fsp3) is 0.385. The molecule has 0 aliphatic heterocycles. The van der Waals surface area contributed by atoms with E-state index >= 15 is 0 Å². The Balaban J connectivity index is 1.98. The molecule has 0 aliphatic rings. The van der Waals surface area contributed by atoms with Crippen molar-refractivity contribution in [2.75, 3.05) is 0 Å². The Bertz CT molecular complexity index is 744. The molecular weight excluding hydrogens is 276 g/mol. The summed E-state index contributed by atoms with van der Waals surface area (Å²) < 4.78 is 3.75. The maximum Gasteiger partial charge on any atom is 0.162 e. The SMILES string of the molecule is CCCc1nccn1Cc1nc(Cl)c2cnn(C)c2n1. The van der Waals surface area contributed by atoms with Crippen LogP contribution in [0, 0.1) is 0 Å². The second kappa shape index (κ2) is 5.20. The summed E-state index contributed by atoms with van der Waals surface area (Å²) in [5.74, 6) is 1.71. The van der Waals surface area contributed by atoms with Gasteiger partial charge >= 0.3 is 0 Å². The summed E-state index contributed by atoms with van der Waals surface area (Å²) in [5, 5.41) is 5.37. The molecule has 0 aromatic carbocycles. The lowest BCUT2D eigenvalue weighted by atomic mass is 10.3. The molecule has 104 valence electrons. The molecule has 0 unspecified atom stereocenters. The molecule has 0 atom stereocenters. The van der Waals surface area contributed by atoms with Crippen molar-refractivity contribution in [2.24, 2.45) is 7.05 Å². The van der Waals surface area contributed by atoms with Gasteiger partial charge in [-0.05, 0) is 6.42 Å². The minimum atomic E-state index is 0.440. The van der Waals surface area contributed by atoms with Crippen molar-refractivity contribution < 1.29 is 0 Å².